The van der Waals surface area contributed by atoms with E-state index in [-0.39, 0.29) is 42.2 Å². The lowest BCUT2D eigenvalue weighted by atomic mass is 9.62. The van der Waals surface area contributed by atoms with E-state index in [0.717, 1.165) is 12.0 Å². The van der Waals surface area contributed by atoms with Crippen molar-refractivity contribution >= 4 is 5.97 Å². The first-order chi connectivity index (χ1) is 15.2. The molecule has 0 unspecified atom stereocenters. The number of ether oxygens (including phenoxy) is 6. The molecular weight excluding hydrogens is 412 g/mol. The van der Waals surface area contributed by atoms with E-state index in [1.165, 1.54) is 6.92 Å². The number of benzene rings is 1. The molecule has 32 heavy (non-hydrogen) atoms. The van der Waals surface area contributed by atoms with Crippen LogP contribution in [0.5, 0.6) is 0 Å². The van der Waals surface area contributed by atoms with E-state index < -0.39 is 11.4 Å². The molecule has 1 aromatic rings. The van der Waals surface area contributed by atoms with Crippen molar-refractivity contribution in [1.82, 2.24) is 0 Å². The van der Waals surface area contributed by atoms with Gasteiger partial charge in [-0.15, -0.1) is 0 Å². The van der Waals surface area contributed by atoms with Crippen LogP contribution in [0.15, 0.2) is 30.3 Å². The minimum atomic E-state index is -0.643. The molecule has 2 saturated carbocycles. The van der Waals surface area contributed by atoms with Crippen LogP contribution in [0.1, 0.15) is 46.1 Å². The fourth-order valence-corrected chi connectivity index (χ4v) is 6.23. The third-order valence-electron chi connectivity index (χ3n) is 7.53. The Kier molecular flexibility index (Phi) is 6.67. The SMILES string of the molecule is COCO[C@@]12C[C@@H]([C@@H]([C@H]3COC(C)(C)O3)[C@]1(C)COCc1ccccc1)[C@@H](OC(C)=O)C2. The maximum absolute atomic E-state index is 11.8. The predicted molar refractivity (Wildman–Crippen MR) is 117 cm³/mol. The normalized spacial score (nSPS) is 37.7. The lowest BCUT2D eigenvalue weighted by Gasteiger charge is -2.50. The second-order valence-corrected chi connectivity index (χ2v) is 10.1. The minimum absolute atomic E-state index is 0.0509. The van der Waals surface area contributed by atoms with Gasteiger partial charge in [0.2, 0.25) is 0 Å². The van der Waals surface area contributed by atoms with Gasteiger partial charge >= 0.3 is 5.97 Å². The van der Waals surface area contributed by atoms with Gasteiger partial charge in [-0.3, -0.25) is 4.79 Å². The average Bonchev–Trinajstić information content (AvgIpc) is 3.35. The van der Waals surface area contributed by atoms with Crippen molar-refractivity contribution in [2.24, 2.45) is 17.3 Å². The number of hydrogen-bond acceptors (Lipinski definition) is 7. The average molecular weight is 449 g/mol. The summed E-state index contributed by atoms with van der Waals surface area (Å²) in [5.41, 5.74) is 0.225. The first kappa shape index (κ1) is 23.6. The van der Waals surface area contributed by atoms with Crippen LogP contribution in [-0.2, 0) is 39.8 Å². The summed E-state index contributed by atoms with van der Waals surface area (Å²) in [5, 5.41) is 0. The van der Waals surface area contributed by atoms with Crippen LogP contribution in [0, 0.1) is 17.3 Å². The van der Waals surface area contributed by atoms with E-state index >= 15 is 0 Å². The van der Waals surface area contributed by atoms with Gasteiger partial charge in [0.1, 0.15) is 12.9 Å². The first-order valence-electron chi connectivity index (χ1n) is 11.4. The van der Waals surface area contributed by atoms with Gasteiger partial charge in [0, 0.05) is 37.7 Å². The Labute approximate surface area is 190 Å². The van der Waals surface area contributed by atoms with Crippen LogP contribution >= 0.6 is 0 Å². The quantitative estimate of drug-likeness (QED) is 0.421. The molecule has 7 nitrogen and oxygen atoms in total. The largest absolute Gasteiger partial charge is 0.462 e. The van der Waals surface area contributed by atoms with Crippen LogP contribution in [0.2, 0.25) is 0 Å². The molecule has 0 N–H and O–H groups in total. The Hall–Kier alpha value is -1.51. The fraction of sp³-hybridized carbons (Fsp3) is 0.720. The second-order valence-electron chi connectivity index (χ2n) is 10.1. The monoisotopic (exact) mass is 448 g/mol. The molecule has 3 fully saturated rings. The van der Waals surface area contributed by atoms with E-state index in [9.17, 15) is 4.79 Å². The predicted octanol–water partition coefficient (Wildman–Crippen LogP) is 3.69. The van der Waals surface area contributed by atoms with Crippen LogP contribution in [0.25, 0.3) is 0 Å². The Morgan fingerprint density at radius 2 is 1.91 bits per heavy atom. The lowest BCUT2D eigenvalue weighted by molar-refractivity contribution is -0.228. The molecule has 0 amide bonds. The number of carbonyl (C=O) groups is 1. The third-order valence-corrected chi connectivity index (χ3v) is 7.53. The third kappa shape index (κ3) is 4.33. The number of fused-ring (bicyclic) bond motifs is 2. The zero-order chi connectivity index (χ0) is 23.0. The topological polar surface area (TPSA) is 72.5 Å². The van der Waals surface area contributed by atoms with Gasteiger partial charge < -0.3 is 28.4 Å². The van der Waals surface area contributed by atoms with Crippen molar-refractivity contribution in [1.29, 1.82) is 0 Å². The van der Waals surface area contributed by atoms with Gasteiger partial charge in [-0.25, -0.2) is 0 Å². The van der Waals surface area contributed by atoms with Crippen LogP contribution < -0.4 is 0 Å². The molecule has 2 aliphatic carbocycles. The number of carbonyl (C=O) groups excluding carboxylic acids is 1. The number of hydrogen-bond donors (Lipinski definition) is 0. The summed E-state index contributed by atoms with van der Waals surface area (Å²) in [6.07, 6.45) is 1.04. The lowest BCUT2D eigenvalue weighted by Crippen LogP contribution is -2.57. The minimum Gasteiger partial charge on any atom is -0.462 e. The molecule has 7 heteroatoms. The Bertz CT molecular complexity index is 797. The van der Waals surface area contributed by atoms with Gasteiger partial charge in [0.05, 0.1) is 31.5 Å². The van der Waals surface area contributed by atoms with Crippen molar-refractivity contribution in [2.45, 2.75) is 70.7 Å². The van der Waals surface area contributed by atoms with E-state index in [1.54, 1.807) is 7.11 Å². The maximum Gasteiger partial charge on any atom is 0.302 e. The first-order valence-corrected chi connectivity index (χ1v) is 11.4. The smallest absolute Gasteiger partial charge is 0.302 e. The maximum atomic E-state index is 11.8. The molecule has 2 bridgehead atoms. The zero-order valence-corrected chi connectivity index (χ0v) is 19.8. The van der Waals surface area contributed by atoms with E-state index in [4.69, 9.17) is 28.4 Å². The standard InChI is InChI=1S/C25H36O7/c1-17(26)31-20-12-25(30-16-27-5)11-19(20)22(21-14-29-23(2,3)32-21)24(25,4)15-28-13-18-9-7-6-8-10-18/h6-10,19-22H,11-16H2,1-5H3/t19-,20+,21-,22+,24+,25-/m1/s1. The van der Waals surface area contributed by atoms with Crippen LogP contribution in [0.3, 0.4) is 0 Å². The van der Waals surface area contributed by atoms with E-state index in [2.05, 4.69) is 19.1 Å². The van der Waals surface area contributed by atoms with Crippen LogP contribution in [-0.4, -0.2) is 56.7 Å². The van der Waals surface area contributed by atoms with Gasteiger partial charge in [0.15, 0.2) is 5.79 Å². The van der Waals surface area contributed by atoms with Crippen molar-refractivity contribution in [3.63, 3.8) is 0 Å². The van der Waals surface area contributed by atoms with Gasteiger partial charge in [-0.05, 0) is 25.8 Å². The molecule has 3 aliphatic rings. The summed E-state index contributed by atoms with van der Waals surface area (Å²) in [6, 6.07) is 10.1. The molecule has 0 spiro atoms. The van der Waals surface area contributed by atoms with Crippen LogP contribution in [0.4, 0.5) is 0 Å². The van der Waals surface area contributed by atoms with E-state index in [1.807, 2.05) is 32.0 Å². The molecule has 4 rings (SSSR count). The molecule has 1 aliphatic heterocycles. The molecule has 0 radical (unpaired) electrons. The summed E-state index contributed by atoms with van der Waals surface area (Å²) < 4.78 is 36.0. The Morgan fingerprint density at radius 1 is 1.16 bits per heavy atom. The highest BCUT2D eigenvalue weighted by atomic mass is 16.7. The van der Waals surface area contributed by atoms with Crippen molar-refractivity contribution in [3.05, 3.63) is 35.9 Å². The fourth-order valence-electron chi connectivity index (χ4n) is 6.23. The Morgan fingerprint density at radius 3 is 2.53 bits per heavy atom. The van der Waals surface area contributed by atoms with Crippen molar-refractivity contribution in [2.75, 3.05) is 27.1 Å². The number of rotatable bonds is 9. The van der Waals surface area contributed by atoms with Gasteiger partial charge in [-0.1, -0.05) is 37.3 Å². The summed E-state index contributed by atoms with van der Waals surface area (Å²) in [5.74, 6) is -0.761. The number of methoxy groups -OCH3 is 1. The summed E-state index contributed by atoms with van der Waals surface area (Å²) in [4.78, 5) is 11.8. The zero-order valence-electron chi connectivity index (χ0n) is 19.8. The van der Waals surface area contributed by atoms with E-state index in [0.29, 0.717) is 26.2 Å². The molecule has 1 heterocycles. The molecule has 6 atom stereocenters. The summed E-state index contributed by atoms with van der Waals surface area (Å²) >= 11 is 0. The molecule has 1 aromatic carbocycles. The molecule has 178 valence electrons. The van der Waals surface area contributed by atoms with Gasteiger partial charge in [-0.2, -0.15) is 0 Å². The second kappa shape index (κ2) is 9.03. The summed E-state index contributed by atoms with van der Waals surface area (Å²) in [7, 11) is 1.62. The Balaban J connectivity index is 1.62. The highest BCUT2D eigenvalue weighted by Crippen LogP contribution is 2.66. The number of esters is 1. The van der Waals surface area contributed by atoms with Gasteiger partial charge in [0.25, 0.3) is 0 Å². The van der Waals surface area contributed by atoms with Crippen molar-refractivity contribution < 1.29 is 33.2 Å². The highest BCUT2D eigenvalue weighted by Gasteiger charge is 2.72. The summed E-state index contributed by atoms with van der Waals surface area (Å²) in [6.45, 7) is 9.24. The highest BCUT2D eigenvalue weighted by molar-refractivity contribution is 5.66. The molecule has 1 saturated heterocycles. The molecular formula is C25H36O7. The van der Waals surface area contributed by atoms with Crippen molar-refractivity contribution in [3.8, 4) is 0 Å². The molecule has 0 aromatic heterocycles.